The van der Waals surface area contributed by atoms with E-state index in [2.05, 4.69) is 4.90 Å². The molecule has 11 heteroatoms. The zero-order valence-electron chi connectivity index (χ0n) is 17.9. The van der Waals surface area contributed by atoms with Gasteiger partial charge in [0.15, 0.2) is 0 Å². The largest absolute Gasteiger partial charge is 0.516 e. The summed E-state index contributed by atoms with van der Waals surface area (Å²) in [6.07, 6.45) is 1.17. The topological polar surface area (TPSA) is 122 Å². The van der Waals surface area contributed by atoms with Gasteiger partial charge in [0.25, 0.3) is 5.69 Å². The molecule has 1 saturated heterocycles. The molecule has 2 aromatic carbocycles. The normalized spacial score (nSPS) is 18.0. The second-order valence-corrected chi connectivity index (χ2v) is 9.41. The lowest BCUT2D eigenvalue weighted by molar-refractivity contribution is -0.384. The van der Waals surface area contributed by atoms with Crippen LogP contribution in [-0.2, 0) is 9.36 Å². The van der Waals surface area contributed by atoms with Crippen molar-refractivity contribution in [2.45, 2.75) is 31.8 Å². The number of non-ortho nitro benzene ring substituents is 1. The second-order valence-electron chi connectivity index (χ2n) is 7.64. The van der Waals surface area contributed by atoms with Crippen LogP contribution in [0.3, 0.4) is 0 Å². The van der Waals surface area contributed by atoms with Crippen LogP contribution in [0.5, 0.6) is 11.5 Å². The van der Waals surface area contributed by atoms with Crippen molar-refractivity contribution in [3.8, 4) is 11.5 Å². The average Bonchev–Trinajstić information content (AvgIpc) is 2.76. The maximum atomic E-state index is 14.3. The zero-order chi connectivity index (χ0) is 23.3. The van der Waals surface area contributed by atoms with E-state index in [1.54, 1.807) is 30.3 Å². The van der Waals surface area contributed by atoms with Crippen molar-refractivity contribution in [2.24, 2.45) is 0 Å². The molecule has 1 N–H and O–H groups in total. The summed E-state index contributed by atoms with van der Waals surface area (Å²) in [7, 11) is -2.28. The maximum absolute atomic E-state index is 14.3. The number of nitro benzene ring substituents is 1. The number of benzene rings is 2. The second kappa shape index (κ2) is 10.1. The van der Waals surface area contributed by atoms with Crippen molar-refractivity contribution < 1.29 is 28.4 Å². The molecule has 3 rings (SSSR count). The van der Waals surface area contributed by atoms with E-state index in [0.29, 0.717) is 25.9 Å². The van der Waals surface area contributed by atoms with E-state index in [0.717, 1.165) is 0 Å². The van der Waals surface area contributed by atoms with Gasteiger partial charge in [-0.3, -0.25) is 14.9 Å². The lowest BCUT2D eigenvalue weighted by Crippen LogP contribution is -2.49. The number of carboxylic acids is 1. The first kappa shape index (κ1) is 23.7. The lowest BCUT2D eigenvalue weighted by Gasteiger charge is -2.41. The number of para-hydroxylation sites is 1. The van der Waals surface area contributed by atoms with Gasteiger partial charge in [0.1, 0.15) is 17.5 Å². The molecule has 1 fully saturated rings. The van der Waals surface area contributed by atoms with Crippen molar-refractivity contribution >= 4 is 19.4 Å². The molecular weight excluding hydrogens is 437 g/mol. The summed E-state index contributed by atoms with van der Waals surface area (Å²) < 4.78 is 27.2. The fraction of sp³-hybridized carbons (Fsp3) is 0.381. The van der Waals surface area contributed by atoms with E-state index in [1.807, 2.05) is 7.05 Å². The standard InChI is InChI=1S/C21H26N3O7P/c1-16(21(25)26)23(17-12-14-22(2)15-13-17)32(29,30-19-6-4-3-5-7-19)31-20-10-8-18(9-11-20)24(27)28/h3-11,16-17H,12-15H2,1-2H3,(H,25,26)/t16-,32?/m0/s1. The predicted octanol–water partition coefficient (Wildman–Crippen LogP) is 4.03. The van der Waals surface area contributed by atoms with Gasteiger partial charge in [0.05, 0.1) is 4.92 Å². The van der Waals surface area contributed by atoms with E-state index in [1.165, 1.54) is 35.9 Å². The van der Waals surface area contributed by atoms with Gasteiger partial charge in [-0.15, -0.1) is 0 Å². The number of carboxylic acid groups (broad SMARTS) is 1. The molecule has 1 aliphatic heterocycles. The van der Waals surface area contributed by atoms with Crippen molar-refractivity contribution in [1.82, 2.24) is 9.57 Å². The summed E-state index contributed by atoms with van der Waals surface area (Å²) in [5, 5.41) is 20.7. The molecule has 10 nitrogen and oxygen atoms in total. The minimum Gasteiger partial charge on any atom is -0.480 e. The zero-order valence-corrected chi connectivity index (χ0v) is 18.8. The average molecular weight is 463 g/mol. The number of rotatable bonds is 9. The first-order chi connectivity index (χ1) is 15.2. The highest BCUT2D eigenvalue weighted by molar-refractivity contribution is 7.52. The monoisotopic (exact) mass is 463 g/mol. The third kappa shape index (κ3) is 5.64. The van der Waals surface area contributed by atoms with Gasteiger partial charge in [-0.2, -0.15) is 4.67 Å². The van der Waals surface area contributed by atoms with Crippen LogP contribution in [0.15, 0.2) is 54.6 Å². The Bertz CT molecular complexity index is 979. The lowest BCUT2D eigenvalue weighted by atomic mass is 10.0. The number of nitrogens with zero attached hydrogens (tertiary/aromatic N) is 3. The fourth-order valence-electron chi connectivity index (χ4n) is 3.59. The predicted molar refractivity (Wildman–Crippen MR) is 118 cm³/mol. The molecule has 1 heterocycles. The van der Waals surface area contributed by atoms with Gasteiger partial charge in [0.2, 0.25) is 0 Å². The molecular formula is C21H26N3O7P. The fourth-order valence-corrected chi connectivity index (χ4v) is 5.75. The Labute approximate surface area is 186 Å². The van der Waals surface area contributed by atoms with Crippen LogP contribution in [0, 0.1) is 10.1 Å². The Morgan fingerprint density at radius 1 is 1.12 bits per heavy atom. The van der Waals surface area contributed by atoms with Crippen LogP contribution >= 0.6 is 7.75 Å². The maximum Gasteiger partial charge on any atom is 0.516 e. The van der Waals surface area contributed by atoms with Gasteiger partial charge in [-0.1, -0.05) is 18.2 Å². The van der Waals surface area contributed by atoms with Crippen LogP contribution in [0.25, 0.3) is 0 Å². The summed E-state index contributed by atoms with van der Waals surface area (Å²) >= 11 is 0. The third-order valence-corrected chi connectivity index (χ3v) is 7.45. The smallest absolute Gasteiger partial charge is 0.480 e. The summed E-state index contributed by atoms with van der Waals surface area (Å²) in [5.74, 6) is -0.827. The Balaban J connectivity index is 2.01. The minimum atomic E-state index is -4.25. The van der Waals surface area contributed by atoms with E-state index < -0.39 is 24.7 Å². The van der Waals surface area contributed by atoms with E-state index in [-0.39, 0.29) is 23.2 Å². The number of piperidine rings is 1. The molecule has 0 saturated carbocycles. The van der Waals surface area contributed by atoms with Crippen molar-refractivity contribution in [1.29, 1.82) is 0 Å². The molecule has 32 heavy (non-hydrogen) atoms. The van der Waals surface area contributed by atoms with Crippen LogP contribution in [0.2, 0.25) is 0 Å². The van der Waals surface area contributed by atoms with Gasteiger partial charge in [-0.05, 0) is 64.2 Å². The van der Waals surface area contributed by atoms with Gasteiger partial charge in [-0.25, -0.2) is 4.57 Å². The molecule has 0 aromatic heterocycles. The first-order valence-electron chi connectivity index (χ1n) is 10.2. The van der Waals surface area contributed by atoms with Crippen molar-refractivity contribution in [3.05, 3.63) is 64.7 Å². The van der Waals surface area contributed by atoms with Crippen molar-refractivity contribution in [3.63, 3.8) is 0 Å². The number of carbonyl (C=O) groups is 1. The Hall–Kier alpha value is -2.94. The summed E-state index contributed by atoms with van der Waals surface area (Å²) in [6.45, 7) is 2.85. The van der Waals surface area contributed by atoms with E-state index >= 15 is 0 Å². The Morgan fingerprint density at radius 2 is 1.66 bits per heavy atom. The molecule has 0 bridgehead atoms. The highest BCUT2D eigenvalue weighted by atomic mass is 31.2. The van der Waals surface area contributed by atoms with Gasteiger partial charge >= 0.3 is 13.7 Å². The third-order valence-electron chi connectivity index (χ3n) is 5.33. The van der Waals surface area contributed by atoms with E-state index in [4.69, 9.17) is 9.05 Å². The van der Waals surface area contributed by atoms with E-state index in [9.17, 15) is 24.6 Å². The number of hydrogen-bond donors (Lipinski definition) is 1. The molecule has 1 unspecified atom stereocenters. The van der Waals surface area contributed by atoms with Crippen LogP contribution in [-0.4, -0.2) is 57.8 Å². The number of nitro groups is 1. The van der Waals surface area contributed by atoms with Gasteiger partial charge < -0.3 is 19.1 Å². The molecule has 0 spiro atoms. The van der Waals surface area contributed by atoms with Crippen molar-refractivity contribution in [2.75, 3.05) is 20.1 Å². The first-order valence-corrected chi connectivity index (χ1v) is 11.7. The number of hydrogen-bond acceptors (Lipinski definition) is 7. The number of likely N-dealkylation sites (tertiary alicyclic amines) is 1. The minimum absolute atomic E-state index is 0.0744. The van der Waals surface area contributed by atoms with Gasteiger partial charge in [0, 0.05) is 18.2 Å². The molecule has 2 atom stereocenters. The summed E-state index contributed by atoms with van der Waals surface area (Å²) in [6, 6.07) is 11.9. The Morgan fingerprint density at radius 3 is 2.16 bits per heavy atom. The number of aliphatic carboxylic acids is 1. The summed E-state index contributed by atoms with van der Waals surface area (Å²) in [5.41, 5.74) is -0.151. The van der Waals surface area contributed by atoms with Crippen LogP contribution in [0.1, 0.15) is 19.8 Å². The summed E-state index contributed by atoms with van der Waals surface area (Å²) in [4.78, 5) is 24.5. The molecule has 172 valence electrons. The van der Waals surface area contributed by atoms with Crippen LogP contribution < -0.4 is 9.05 Å². The molecule has 0 radical (unpaired) electrons. The molecule has 1 aliphatic rings. The SMILES string of the molecule is C[C@@H](C(=O)O)N(C1CCN(C)CC1)P(=O)(Oc1ccccc1)Oc1ccc([N+](=O)[O-])cc1. The molecule has 2 aromatic rings. The Kier molecular flexibility index (Phi) is 7.50. The highest BCUT2D eigenvalue weighted by Gasteiger charge is 2.47. The highest BCUT2D eigenvalue weighted by Crippen LogP contribution is 2.55. The molecule has 0 amide bonds. The van der Waals surface area contributed by atoms with Crippen LogP contribution in [0.4, 0.5) is 5.69 Å². The molecule has 0 aliphatic carbocycles. The quantitative estimate of drug-likeness (QED) is 0.334.